The van der Waals surface area contributed by atoms with Gasteiger partial charge in [-0.05, 0) is 30.9 Å². The zero-order chi connectivity index (χ0) is 11.1. The van der Waals surface area contributed by atoms with Crippen molar-refractivity contribution in [3.05, 3.63) is 29.3 Å². The molecule has 0 spiro atoms. The molecule has 0 fully saturated rings. The summed E-state index contributed by atoms with van der Waals surface area (Å²) in [5.41, 5.74) is 4.05. The third-order valence-corrected chi connectivity index (χ3v) is 2.53. The third-order valence-electron chi connectivity index (χ3n) is 2.53. The predicted octanol–water partition coefficient (Wildman–Crippen LogP) is 3.25. The van der Waals surface area contributed by atoms with E-state index in [2.05, 4.69) is 49.2 Å². The molecule has 0 aliphatic carbocycles. The smallest absolute Gasteiger partial charge is 0.0766 e. The van der Waals surface area contributed by atoms with Crippen LogP contribution in [0.5, 0.6) is 0 Å². The van der Waals surface area contributed by atoms with Crippen molar-refractivity contribution in [1.82, 2.24) is 0 Å². The van der Waals surface area contributed by atoms with Crippen molar-refractivity contribution >= 4 is 5.69 Å². The van der Waals surface area contributed by atoms with Crippen LogP contribution in [0, 0.1) is 11.8 Å². The minimum atomic E-state index is 0.737. The lowest BCUT2D eigenvalue weighted by atomic mass is 10.0. The minimum Gasteiger partial charge on any atom is -0.374 e. The molecule has 0 aliphatic heterocycles. The summed E-state index contributed by atoms with van der Waals surface area (Å²) in [7, 11) is 0. The first-order chi connectivity index (χ1) is 7.33. The molecular formula is C14H19N. The number of nitrogens with one attached hydrogen (secondary N) is 1. The molecule has 0 heterocycles. The number of aryl methyl sites for hydroxylation is 2. The van der Waals surface area contributed by atoms with Gasteiger partial charge in [0.1, 0.15) is 0 Å². The maximum absolute atomic E-state index is 3.41. The quantitative estimate of drug-likeness (QED) is 0.737. The van der Waals surface area contributed by atoms with Crippen molar-refractivity contribution in [3.8, 4) is 11.8 Å². The van der Waals surface area contributed by atoms with Gasteiger partial charge in [-0.25, -0.2) is 0 Å². The molecule has 0 aliphatic rings. The first-order valence-electron chi connectivity index (χ1n) is 5.57. The summed E-state index contributed by atoms with van der Waals surface area (Å²) in [6.45, 7) is 6.98. The predicted molar refractivity (Wildman–Crippen MR) is 67.1 cm³/mol. The van der Waals surface area contributed by atoms with Gasteiger partial charge in [-0.1, -0.05) is 38.0 Å². The van der Waals surface area contributed by atoms with Gasteiger partial charge >= 0.3 is 0 Å². The van der Waals surface area contributed by atoms with E-state index in [1.54, 1.807) is 0 Å². The maximum Gasteiger partial charge on any atom is 0.0766 e. The third kappa shape index (κ3) is 3.02. The van der Waals surface area contributed by atoms with Gasteiger partial charge in [0.05, 0.1) is 6.54 Å². The summed E-state index contributed by atoms with van der Waals surface area (Å²) in [5, 5.41) is 3.41. The van der Waals surface area contributed by atoms with Crippen LogP contribution in [-0.2, 0) is 12.8 Å². The molecule has 0 radical (unpaired) electrons. The number of hydrogen-bond donors (Lipinski definition) is 1. The number of rotatable bonds is 4. The molecule has 0 saturated heterocycles. The van der Waals surface area contributed by atoms with Crippen LogP contribution in [0.15, 0.2) is 18.2 Å². The highest BCUT2D eigenvalue weighted by Crippen LogP contribution is 2.21. The molecule has 1 aromatic rings. The highest BCUT2D eigenvalue weighted by molar-refractivity contribution is 5.58. The first kappa shape index (κ1) is 11.7. The molecular weight excluding hydrogens is 182 g/mol. The van der Waals surface area contributed by atoms with Crippen LogP contribution < -0.4 is 5.32 Å². The SMILES string of the molecule is CC#CCNc1c(CC)cccc1CC. The number of anilines is 1. The second-order valence-electron chi connectivity index (χ2n) is 3.44. The Labute approximate surface area is 92.9 Å². The second-order valence-corrected chi connectivity index (χ2v) is 3.44. The fourth-order valence-electron chi connectivity index (χ4n) is 1.69. The van der Waals surface area contributed by atoms with E-state index >= 15 is 0 Å². The Bertz CT molecular complexity index is 346. The molecule has 15 heavy (non-hydrogen) atoms. The topological polar surface area (TPSA) is 12.0 Å². The van der Waals surface area contributed by atoms with E-state index in [1.165, 1.54) is 16.8 Å². The van der Waals surface area contributed by atoms with Crippen LogP contribution in [0.1, 0.15) is 31.9 Å². The summed E-state index contributed by atoms with van der Waals surface area (Å²) in [4.78, 5) is 0. The van der Waals surface area contributed by atoms with Crippen molar-refractivity contribution in [2.24, 2.45) is 0 Å². The molecule has 1 heteroatoms. The van der Waals surface area contributed by atoms with Crippen LogP contribution in [0.4, 0.5) is 5.69 Å². The zero-order valence-electron chi connectivity index (χ0n) is 9.85. The maximum atomic E-state index is 3.41. The lowest BCUT2D eigenvalue weighted by Gasteiger charge is -2.13. The summed E-state index contributed by atoms with van der Waals surface area (Å²) in [5.74, 6) is 5.94. The second kappa shape index (κ2) is 6.14. The van der Waals surface area contributed by atoms with Crippen LogP contribution >= 0.6 is 0 Å². The summed E-state index contributed by atoms with van der Waals surface area (Å²) in [6.07, 6.45) is 2.13. The molecule has 1 aromatic carbocycles. The molecule has 1 rings (SSSR count). The van der Waals surface area contributed by atoms with Gasteiger partial charge in [0.2, 0.25) is 0 Å². The lowest BCUT2D eigenvalue weighted by molar-refractivity contribution is 1.08. The van der Waals surface area contributed by atoms with Gasteiger partial charge in [0, 0.05) is 5.69 Å². The molecule has 0 saturated carbocycles. The van der Waals surface area contributed by atoms with Crippen LogP contribution in [0.3, 0.4) is 0 Å². The van der Waals surface area contributed by atoms with Crippen molar-refractivity contribution in [2.45, 2.75) is 33.6 Å². The van der Waals surface area contributed by atoms with Gasteiger partial charge < -0.3 is 5.32 Å². The van der Waals surface area contributed by atoms with E-state index in [0.29, 0.717) is 0 Å². The number of para-hydroxylation sites is 1. The number of benzene rings is 1. The molecule has 0 aromatic heterocycles. The van der Waals surface area contributed by atoms with E-state index in [-0.39, 0.29) is 0 Å². The molecule has 0 bridgehead atoms. The molecule has 1 N–H and O–H groups in total. The van der Waals surface area contributed by atoms with Crippen LogP contribution in [0.2, 0.25) is 0 Å². The van der Waals surface area contributed by atoms with E-state index in [9.17, 15) is 0 Å². The Kier molecular flexibility index (Phi) is 4.77. The van der Waals surface area contributed by atoms with Crippen molar-refractivity contribution in [1.29, 1.82) is 0 Å². The Morgan fingerprint density at radius 2 is 1.73 bits per heavy atom. The highest BCUT2D eigenvalue weighted by Gasteiger charge is 2.03. The molecule has 0 unspecified atom stereocenters. The van der Waals surface area contributed by atoms with Crippen molar-refractivity contribution < 1.29 is 0 Å². The van der Waals surface area contributed by atoms with E-state index in [4.69, 9.17) is 0 Å². The summed E-state index contributed by atoms with van der Waals surface area (Å²) < 4.78 is 0. The summed E-state index contributed by atoms with van der Waals surface area (Å²) >= 11 is 0. The fraction of sp³-hybridized carbons (Fsp3) is 0.429. The normalized spacial score (nSPS) is 9.27. The minimum absolute atomic E-state index is 0.737. The van der Waals surface area contributed by atoms with Crippen LogP contribution in [-0.4, -0.2) is 6.54 Å². The van der Waals surface area contributed by atoms with Crippen molar-refractivity contribution in [2.75, 3.05) is 11.9 Å². The number of hydrogen-bond acceptors (Lipinski definition) is 1. The lowest BCUT2D eigenvalue weighted by Crippen LogP contribution is -2.05. The van der Waals surface area contributed by atoms with E-state index < -0.39 is 0 Å². The van der Waals surface area contributed by atoms with E-state index in [0.717, 1.165) is 19.4 Å². The standard InChI is InChI=1S/C14H19N/c1-4-7-11-15-14-12(5-2)9-8-10-13(14)6-3/h8-10,15H,5-6,11H2,1-3H3. The average Bonchev–Trinajstić information content (AvgIpc) is 2.29. The van der Waals surface area contributed by atoms with Gasteiger partial charge in [-0.2, -0.15) is 0 Å². The monoisotopic (exact) mass is 201 g/mol. The molecule has 1 nitrogen and oxygen atoms in total. The Morgan fingerprint density at radius 3 is 2.20 bits per heavy atom. The Hall–Kier alpha value is -1.42. The largest absolute Gasteiger partial charge is 0.374 e. The highest BCUT2D eigenvalue weighted by atomic mass is 14.9. The van der Waals surface area contributed by atoms with E-state index in [1.807, 2.05) is 6.92 Å². The Morgan fingerprint density at radius 1 is 1.13 bits per heavy atom. The zero-order valence-corrected chi connectivity index (χ0v) is 9.85. The summed E-state index contributed by atoms with van der Waals surface area (Å²) in [6, 6.07) is 6.50. The molecule has 0 amide bonds. The molecule has 0 atom stereocenters. The Balaban J connectivity index is 2.92. The molecule has 80 valence electrons. The van der Waals surface area contributed by atoms with Gasteiger partial charge in [-0.15, -0.1) is 5.92 Å². The van der Waals surface area contributed by atoms with Gasteiger partial charge in [-0.3, -0.25) is 0 Å². The average molecular weight is 201 g/mol. The van der Waals surface area contributed by atoms with Crippen LogP contribution in [0.25, 0.3) is 0 Å². The fourth-order valence-corrected chi connectivity index (χ4v) is 1.69. The van der Waals surface area contributed by atoms with Crippen molar-refractivity contribution in [3.63, 3.8) is 0 Å². The first-order valence-corrected chi connectivity index (χ1v) is 5.57. The van der Waals surface area contributed by atoms with Gasteiger partial charge in [0.15, 0.2) is 0 Å². The van der Waals surface area contributed by atoms with Gasteiger partial charge in [0.25, 0.3) is 0 Å².